The van der Waals surface area contributed by atoms with Crippen molar-refractivity contribution in [1.29, 1.82) is 0 Å². The van der Waals surface area contributed by atoms with Crippen LogP contribution in [-0.2, 0) is 9.09 Å². The van der Waals surface area contributed by atoms with Crippen molar-refractivity contribution in [2.75, 3.05) is 6.61 Å². The van der Waals surface area contributed by atoms with Gasteiger partial charge >= 0.3 is 19.0 Å². The van der Waals surface area contributed by atoms with Crippen LogP contribution in [0.5, 0.6) is 0 Å². The molecule has 10 nitrogen and oxygen atoms in total. The van der Waals surface area contributed by atoms with Crippen molar-refractivity contribution in [2.24, 2.45) is 0 Å². The van der Waals surface area contributed by atoms with Gasteiger partial charge in [-0.2, -0.15) is 0 Å². The molecule has 0 aliphatic carbocycles. The molecule has 0 fully saturated rings. The molecule has 1 N–H and O–H groups in total. The van der Waals surface area contributed by atoms with Crippen molar-refractivity contribution in [3.63, 3.8) is 0 Å². The minimum atomic E-state index is -4.71. The summed E-state index contributed by atoms with van der Waals surface area (Å²) in [5, 5.41) is 21.1. The largest absolute Gasteiger partial charge is 0.372 e. The van der Waals surface area contributed by atoms with Gasteiger partial charge in [-0.3, -0.25) is 24.8 Å². The predicted molar refractivity (Wildman–Crippen MR) is 68.1 cm³/mol. The summed E-state index contributed by atoms with van der Waals surface area (Å²) in [6, 6.07) is 0. The van der Waals surface area contributed by atoms with Gasteiger partial charge in [-0.25, -0.2) is 4.98 Å². The third kappa shape index (κ3) is 2.82. The average molecular weight is 305 g/mol. The molecule has 0 saturated carbocycles. The number of nitro groups is 2. The zero-order valence-electron chi connectivity index (χ0n) is 10.9. The number of nitrogens with zero attached hydrogens (tertiary/aromatic N) is 3. The highest BCUT2D eigenvalue weighted by Crippen LogP contribution is 2.47. The quantitative estimate of drug-likeness (QED) is 0.487. The van der Waals surface area contributed by atoms with Crippen molar-refractivity contribution in [1.82, 2.24) is 4.98 Å². The third-order valence-corrected chi connectivity index (χ3v) is 4.02. The molecule has 1 atom stereocenters. The molecule has 0 bridgehead atoms. The van der Waals surface area contributed by atoms with Crippen LogP contribution in [0.15, 0.2) is 0 Å². The van der Waals surface area contributed by atoms with Crippen LogP contribution in [0.3, 0.4) is 0 Å². The Hall–Kier alpha value is -1.90. The number of rotatable bonds is 5. The van der Waals surface area contributed by atoms with Crippen molar-refractivity contribution in [3.8, 4) is 0 Å². The summed E-state index contributed by atoms with van der Waals surface area (Å²) in [6.45, 7) is 3.61. The fourth-order valence-electron chi connectivity index (χ4n) is 1.76. The Morgan fingerprint density at radius 2 is 1.60 bits per heavy atom. The molecule has 0 aliphatic rings. The Balaban J connectivity index is 3.89. The van der Waals surface area contributed by atoms with E-state index in [9.17, 15) is 29.7 Å². The first kappa shape index (κ1) is 16.2. The molecule has 0 aromatic carbocycles. The van der Waals surface area contributed by atoms with Crippen LogP contribution in [0.2, 0.25) is 0 Å². The molecular weight excluding hydrogens is 293 g/mol. The van der Waals surface area contributed by atoms with Crippen LogP contribution in [0.25, 0.3) is 0 Å². The van der Waals surface area contributed by atoms with Crippen molar-refractivity contribution >= 4 is 24.3 Å². The van der Waals surface area contributed by atoms with Gasteiger partial charge in [0.1, 0.15) is 11.4 Å². The first-order chi connectivity index (χ1) is 9.13. The van der Waals surface area contributed by atoms with Crippen molar-refractivity contribution in [2.45, 2.75) is 20.8 Å². The summed E-state index contributed by atoms with van der Waals surface area (Å²) in [5.41, 5.74) is -2.13. The summed E-state index contributed by atoms with van der Waals surface area (Å²) in [6.07, 6.45) is 0. The van der Waals surface area contributed by atoms with E-state index < -0.39 is 34.1 Å². The zero-order valence-corrected chi connectivity index (χ0v) is 11.8. The van der Waals surface area contributed by atoms with Crippen LogP contribution in [0.4, 0.5) is 11.4 Å². The van der Waals surface area contributed by atoms with E-state index in [0.29, 0.717) is 0 Å². The lowest BCUT2D eigenvalue weighted by atomic mass is 10.2. The molecule has 11 heteroatoms. The maximum absolute atomic E-state index is 12.1. The lowest BCUT2D eigenvalue weighted by molar-refractivity contribution is -0.393. The molecular formula is C9H12N3O7P. The van der Waals surface area contributed by atoms with Gasteiger partial charge in [0.05, 0.1) is 16.5 Å². The van der Waals surface area contributed by atoms with Crippen LogP contribution in [0, 0.1) is 34.1 Å². The maximum atomic E-state index is 12.1. The molecule has 0 spiro atoms. The molecule has 1 aromatic heterocycles. The average Bonchev–Trinajstić information content (AvgIpc) is 2.26. The lowest BCUT2D eigenvalue weighted by Gasteiger charge is -2.13. The first-order valence-electron chi connectivity index (χ1n) is 5.41. The summed E-state index contributed by atoms with van der Waals surface area (Å²) in [5.74, 6) is 0. The van der Waals surface area contributed by atoms with E-state index in [-0.39, 0.29) is 18.0 Å². The predicted octanol–water partition coefficient (Wildman–Crippen LogP) is 1.36. The molecule has 1 unspecified atom stereocenters. The van der Waals surface area contributed by atoms with Crippen LogP contribution < -0.4 is 5.30 Å². The summed E-state index contributed by atoms with van der Waals surface area (Å²) in [7, 11) is -4.71. The molecule has 20 heavy (non-hydrogen) atoms. The van der Waals surface area contributed by atoms with Crippen molar-refractivity contribution < 1.29 is 23.8 Å². The highest BCUT2D eigenvalue weighted by atomic mass is 31.2. The Morgan fingerprint density at radius 3 is 1.90 bits per heavy atom. The summed E-state index contributed by atoms with van der Waals surface area (Å²) in [4.78, 5) is 33.6. The Morgan fingerprint density at radius 1 is 1.20 bits per heavy atom. The van der Waals surface area contributed by atoms with E-state index in [4.69, 9.17) is 0 Å². The fraction of sp³-hybridized carbons (Fsp3) is 0.444. The Kier molecular flexibility index (Phi) is 4.53. The lowest BCUT2D eigenvalue weighted by Crippen LogP contribution is -2.20. The minimum absolute atomic E-state index is 0.193. The number of pyridine rings is 1. The minimum Gasteiger partial charge on any atom is -0.321 e. The molecule has 110 valence electrons. The van der Waals surface area contributed by atoms with E-state index >= 15 is 0 Å². The van der Waals surface area contributed by atoms with E-state index in [2.05, 4.69) is 9.51 Å². The maximum Gasteiger partial charge on any atom is 0.372 e. The van der Waals surface area contributed by atoms with E-state index in [1.165, 1.54) is 20.8 Å². The van der Waals surface area contributed by atoms with Crippen LogP contribution >= 0.6 is 7.60 Å². The van der Waals surface area contributed by atoms with Gasteiger partial charge in [0.15, 0.2) is 0 Å². The Labute approximate surface area is 113 Å². The second kappa shape index (κ2) is 5.61. The van der Waals surface area contributed by atoms with E-state index in [0.717, 1.165) is 0 Å². The smallest absolute Gasteiger partial charge is 0.321 e. The number of hydrogen-bond acceptors (Lipinski definition) is 7. The molecule has 1 heterocycles. The highest BCUT2D eigenvalue weighted by molar-refractivity contribution is 7.62. The van der Waals surface area contributed by atoms with Gasteiger partial charge in [0.25, 0.3) is 0 Å². The van der Waals surface area contributed by atoms with Gasteiger partial charge in [-0.1, -0.05) is 0 Å². The molecule has 1 rings (SSSR count). The number of hydrogen-bond donors (Lipinski definition) is 1. The molecule has 0 amide bonds. The fourth-order valence-corrected chi connectivity index (χ4v) is 3.26. The van der Waals surface area contributed by atoms with E-state index in [1.807, 2.05) is 0 Å². The van der Waals surface area contributed by atoms with Gasteiger partial charge < -0.3 is 9.42 Å². The third-order valence-electron chi connectivity index (χ3n) is 2.42. The molecule has 0 saturated heterocycles. The molecule has 0 aliphatic heterocycles. The Bertz CT molecular complexity index is 592. The molecule has 0 radical (unpaired) electrons. The zero-order chi connectivity index (χ0) is 15.7. The monoisotopic (exact) mass is 305 g/mol. The van der Waals surface area contributed by atoms with Gasteiger partial charge in [-0.05, 0) is 20.8 Å². The number of aryl methyl sites for hydroxylation is 2. The normalized spacial score (nSPS) is 13.8. The van der Waals surface area contributed by atoms with Crippen molar-refractivity contribution in [3.05, 3.63) is 31.6 Å². The summed E-state index contributed by atoms with van der Waals surface area (Å²) >= 11 is 0. The standard InChI is InChI=1S/C9H12N3O7P/c1-4-19-20(17,18)9-7(11(13)14)5(2)10-6(3)8(9)12(15)16/h4H2,1-3H3,(H,17,18). The second-order valence-electron chi connectivity index (χ2n) is 3.78. The van der Waals surface area contributed by atoms with Gasteiger partial charge in [-0.15, -0.1) is 0 Å². The number of aromatic nitrogens is 1. The topological polar surface area (TPSA) is 146 Å². The SMILES string of the molecule is CCOP(=O)(O)c1c([N+](=O)[O-])c(C)nc(C)c1[N+](=O)[O-]. The first-order valence-corrected chi connectivity index (χ1v) is 6.99. The van der Waals surface area contributed by atoms with Gasteiger partial charge in [0.2, 0.25) is 5.30 Å². The van der Waals surface area contributed by atoms with Crippen LogP contribution in [-0.4, -0.2) is 26.3 Å². The highest BCUT2D eigenvalue weighted by Gasteiger charge is 2.43. The van der Waals surface area contributed by atoms with Gasteiger partial charge in [0, 0.05) is 0 Å². The summed E-state index contributed by atoms with van der Waals surface area (Å²) < 4.78 is 16.6. The molecule has 1 aromatic rings. The van der Waals surface area contributed by atoms with Crippen LogP contribution in [0.1, 0.15) is 18.3 Å². The van der Waals surface area contributed by atoms with E-state index in [1.54, 1.807) is 0 Å². The second-order valence-corrected chi connectivity index (χ2v) is 5.53.